The van der Waals surface area contributed by atoms with Crippen LogP contribution in [0, 0.1) is 17.8 Å². The second kappa shape index (κ2) is 7.28. The van der Waals surface area contributed by atoms with E-state index >= 15 is 0 Å². The molecule has 0 aliphatic carbocycles. The Kier molecular flexibility index (Phi) is 4.68. The predicted octanol–water partition coefficient (Wildman–Crippen LogP) is 4.36. The van der Waals surface area contributed by atoms with E-state index in [-0.39, 0.29) is 12.1 Å². The van der Waals surface area contributed by atoms with Gasteiger partial charge in [0.15, 0.2) is 0 Å². The van der Waals surface area contributed by atoms with Crippen LogP contribution in [0.3, 0.4) is 0 Å². The van der Waals surface area contributed by atoms with Crippen LogP contribution >= 0.6 is 0 Å². The second-order valence-corrected chi connectivity index (χ2v) is 7.06. The summed E-state index contributed by atoms with van der Waals surface area (Å²) >= 11 is 0. The van der Waals surface area contributed by atoms with Crippen molar-refractivity contribution in [2.75, 3.05) is 13.2 Å². The van der Waals surface area contributed by atoms with Gasteiger partial charge in [-0.05, 0) is 18.1 Å². The molecule has 2 aliphatic heterocycles. The molecule has 4 rings (SSSR count). The third-order valence-corrected chi connectivity index (χ3v) is 5.07. The topological polar surface area (TPSA) is 43.2 Å². The van der Waals surface area contributed by atoms with Crippen LogP contribution in [0.4, 0.5) is 0 Å². The van der Waals surface area contributed by atoms with E-state index < -0.39 is 5.41 Å². The van der Waals surface area contributed by atoms with Crippen LogP contribution in [-0.4, -0.2) is 25.0 Å². The van der Waals surface area contributed by atoms with Gasteiger partial charge in [-0.3, -0.25) is 0 Å². The molecule has 2 aromatic rings. The normalized spacial score (nSPS) is 21.6. The first kappa shape index (κ1) is 17.4. The quantitative estimate of drug-likeness (QED) is 0.746. The molecule has 0 aromatic heterocycles. The minimum atomic E-state index is -0.651. The highest BCUT2D eigenvalue weighted by Crippen LogP contribution is 2.37. The van der Waals surface area contributed by atoms with Gasteiger partial charge in [-0.15, -0.1) is 12.3 Å². The van der Waals surface area contributed by atoms with Gasteiger partial charge in [-0.1, -0.05) is 60.7 Å². The molecule has 0 unspecified atom stereocenters. The summed E-state index contributed by atoms with van der Waals surface area (Å²) < 4.78 is 12.0. The summed E-state index contributed by atoms with van der Waals surface area (Å²) in [5.41, 5.74) is 1.61. The maximum atomic E-state index is 5.98. The monoisotopic (exact) mass is 358 g/mol. The van der Waals surface area contributed by atoms with Crippen LogP contribution in [0.1, 0.15) is 36.6 Å². The number of benzene rings is 2. The van der Waals surface area contributed by atoms with Gasteiger partial charge in [0.2, 0.25) is 11.8 Å². The van der Waals surface area contributed by atoms with Gasteiger partial charge >= 0.3 is 0 Å². The summed E-state index contributed by atoms with van der Waals surface area (Å²) in [6.07, 6.45) is 6.09. The van der Waals surface area contributed by atoms with E-state index in [2.05, 4.69) is 30.2 Å². The van der Waals surface area contributed by atoms with Crippen molar-refractivity contribution >= 4 is 11.8 Å². The van der Waals surface area contributed by atoms with Crippen LogP contribution in [0.15, 0.2) is 70.6 Å². The van der Waals surface area contributed by atoms with E-state index in [0.717, 1.165) is 11.1 Å². The molecule has 136 valence electrons. The molecule has 4 heteroatoms. The molecule has 0 saturated carbocycles. The standard InChI is InChI=1S/C23H22N2O2/c1-3-14-23(2,21-24-19(15-26-21)17-10-6-4-7-11-17)22-25-20(16-27-22)18-12-8-5-9-13-18/h1,4-13,19-20H,14-16H2,2H3/t19-,20-/m0/s1. The summed E-state index contributed by atoms with van der Waals surface area (Å²) in [7, 11) is 0. The summed E-state index contributed by atoms with van der Waals surface area (Å²) in [4.78, 5) is 9.66. The Balaban J connectivity index is 1.63. The van der Waals surface area contributed by atoms with Gasteiger partial charge in [-0.25, -0.2) is 9.98 Å². The van der Waals surface area contributed by atoms with Crippen molar-refractivity contribution in [2.24, 2.45) is 15.4 Å². The highest BCUT2D eigenvalue weighted by molar-refractivity contribution is 6.06. The van der Waals surface area contributed by atoms with Gasteiger partial charge in [0, 0.05) is 6.42 Å². The molecule has 0 radical (unpaired) electrons. The summed E-state index contributed by atoms with van der Waals surface area (Å²) in [5, 5.41) is 0. The molecule has 0 N–H and O–H groups in total. The van der Waals surface area contributed by atoms with E-state index in [1.54, 1.807) is 0 Å². The molecule has 0 bridgehead atoms. The Morgan fingerprint density at radius 2 is 1.33 bits per heavy atom. The number of ether oxygens (including phenoxy) is 2. The fourth-order valence-electron chi connectivity index (χ4n) is 3.49. The number of hydrogen-bond acceptors (Lipinski definition) is 4. The van der Waals surface area contributed by atoms with Crippen LogP contribution < -0.4 is 0 Å². The highest BCUT2D eigenvalue weighted by Gasteiger charge is 2.45. The smallest absolute Gasteiger partial charge is 0.200 e. The van der Waals surface area contributed by atoms with Gasteiger partial charge in [0.05, 0.1) is 0 Å². The maximum absolute atomic E-state index is 5.98. The van der Waals surface area contributed by atoms with Gasteiger partial charge in [0.25, 0.3) is 0 Å². The number of terminal acetylenes is 1. The average molecular weight is 358 g/mol. The molecule has 2 aromatic carbocycles. The first-order valence-electron chi connectivity index (χ1n) is 9.16. The number of rotatable bonds is 5. The lowest BCUT2D eigenvalue weighted by Gasteiger charge is -2.25. The first-order chi connectivity index (χ1) is 13.2. The Hall–Kier alpha value is -3.06. The van der Waals surface area contributed by atoms with E-state index in [1.165, 1.54) is 0 Å². The Morgan fingerprint density at radius 3 is 1.74 bits per heavy atom. The van der Waals surface area contributed by atoms with Crippen LogP contribution in [0.25, 0.3) is 0 Å². The molecule has 4 nitrogen and oxygen atoms in total. The lowest BCUT2D eigenvalue weighted by molar-refractivity contribution is 0.260. The van der Waals surface area contributed by atoms with Crippen molar-refractivity contribution in [3.05, 3.63) is 71.8 Å². The van der Waals surface area contributed by atoms with Crippen LogP contribution in [0.2, 0.25) is 0 Å². The van der Waals surface area contributed by atoms with Crippen molar-refractivity contribution in [3.63, 3.8) is 0 Å². The molecule has 0 amide bonds. The Bertz CT molecular complexity index is 831. The minimum absolute atomic E-state index is 0.0229. The molecule has 0 saturated heterocycles. The average Bonchev–Trinajstić information content (AvgIpc) is 3.40. The lowest BCUT2D eigenvalue weighted by atomic mass is 9.86. The van der Waals surface area contributed by atoms with Gasteiger partial charge < -0.3 is 9.47 Å². The molecule has 27 heavy (non-hydrogen) atoms. The van der Waals surface area contributed by atoms with Gasteiger partial charge in [-0.2, -0.15) is 0 Å². The fourth-order valence-corrected chi connectivity index (χ4v) is 3.49. The van der Waals surface area contributed by atoms with E-state index in [9.17, 15) is 0 Å². The SMILES string of the molecule is C#CCC(C)(C1=N[C@H](c2ccccc2)CO1)C1=N[C@H](c2ccccc2)CO1. The first-order valence-corrected chi connectivity index (χ1v) is 9.16. The molecule has 2 atom stereocenters. The number of nitrogens with zero attached hydrogens (tertiary/aromatic N) is 2. The van der Waals surface area contributed by atoms with E-state index in [4.69, 9.17) is 25.9 Å². The largest absolute Gasteiger partial charge is 0.478 e. The van der Waals surface area contributed by atoms with Crippen molar-refractivity contribution in [1.29, 1.82) is 0 Å². The maximum Gasteiger partial charge on any atom is 0.200 e. The molecular formula is C23H22N2O2. The Morgan fingerprint density at radius 1 is 0.889 bits per heavy atom. The third-order valence-electron chi connectivity index (χ3n) is 5.07. The Labute approximate surface area is 160 Å². The van der Waals surface area contributed by atoms with Crippen LogP contribution in [-0.2, 0) is 9.47 Å². The molecule has 0 fully saturated rings. The predicted molar refractivity (Wildman–Crippen MR) is 107 cm³/mol. The fraction of sp³-hybridized carbons (Fsp3) is 0.304. The minimum Gasteiger partial charge on any atom is -0.478 e. The molecular weight excluding hydrogens is 336 g/mol. The second-order valence-electron chi connectivity index (χ2n) is 7.06. The summed E-state index contributed by atoms with van der Waals surface area (Å²) in [6.45, 7) is 3.02. The van der Waals surface area contributed by atoms with Crippen molar-refractivity contribution in [3.8, 4) is 12.3 Å². The molecule has 2 aliphatic rings. The lowest BCUT2D eigenvalue weighted by Crippen LogP contribution is -2.37. The van der Waals surface area contributed by atoms with Crippen molar-refractivity contribution < 1.29 is 9.47 Å². The number of hydrogen-bond donors (Lipinski definition) is 0. The zero-order chi connectivity index (χ0) is 18.7. The van der Waals surface area contributed by atoms with Crippen molar-refractivity contribution in [2.45, 2.75) is 25.4 Å². The summed E-state index contributed by atoms with van der Waals surface area (Å²) in [5.74, 6) is 3.98. The van der Waals surface area contributed by atoms with E-state index in [1.807, 2.05) is 43.3 Å². The molecule has 2 heterocycles. The highest BCUT2D eigenvalue weighted by atomic mass is 16.5. The summed E-state index contributed by atoms with van der Waals surface area (Å²) in [6, 6.07) is 20.3. The number of aliphatic imine (C=N–C) groups is 2. The zero-order valence-electron chi connectivity index (χ0n) is 15.3. The zero-order valence-corrected chi connectivity index (χ0v) is 15.3. The van der Waals surface area contributed by atoms with Crippen LogP contribution in [0.5, 0.6) is 0 Å². The van der Waals surface area contributed by atoms with E-state index in [0.29, 0.717) is 31.4 Å². The van der Waals surface area contributed by atoms with Crippen molar-refractivity contribution in [1.82, 2.24) is 0 Å². The van der Waals surface area contributed by atoms with Gasteiger partial charge in [0.1, 0.15) is 30.7 Å². The third kappa shape index (κ3) is 3.33. The molecule has 0 spiro atoms.